The number of nitrogens with zero attached hydrogens (tertiary/aromatic N) is 3. The van der Waals surface area contributed by atoms with E-state index in [2.05, 4.69) is 52.0 Å². The lowest BCUT2D eigenvalue weighted by atomic mass is 9.88. The minimum atomic E-state index is -0.174. The maximum absolute atomic E-state index is 13.4. The molecule has 1 aromatic heterocycles. The van der Waals surface area contributed by atoms with E-state index in [-0.39, 0.29) is 5.82 Å². The lowest BCUT2D eigenvalue weighted by molar-refractivity contribution is 0.438. The van der Waals surface area contributed by atoms with E-state index in [1.807, 2.05) is 25.3 Å². The monoisotopic (exact) mass is 401 g/mol. The Morgan fingerprint density at radius 2 is 1.87 bits per heavy atom. The van der Waals surface area contributed by atoms with E-state index in [1.165, 1.54) is 22.4 Å². The van der Waals surface area contributed by atoms with Crippen molar-refractivity contribution in [3.8, 4) is 0 Å². The third-order valence-corrected chi connectivity index (χ3v) is 6.67. The Morgan fingerprint density at radius 3 is 2.63 bits per heavy atom. The maximum atomic E-state index is 13.4. The highest BCUT2D eigenvalue weighted by molar-refractivity contribution is 5.64. The van der Waals surface area contributed by atoms with Crippen LogP contribution in [0.3, 0.4) is 0 Å². The van der Waals surface area contributed by atoms with Crippen LogP contribution in [-0.4, -0.2) is 30.7 Å². The number of pyridine rings is 1. The highest BCUT2D eigenvalue weighted by Gasteiger charge is 2.41. The molecule has 0 saturated carbocycles. The zero-order chi connectivity index (χ0) is 20.7. The van der Waals surface area contributed by atoms with Crippen molar-refractivity contribution in [1.29, 1.82) is 0 Å². The molecule has 2 aliphatic rings. The lowest BCUT2D eigenvalue weighted by Crippen LogP contribution is -2.46. The number of hydrogen-bond donors (Lipinski definition) is 0. The average molecular weight is 402 g/mol. The van der Waals surface area contributed by atoms with Gasteiger partial charge >= 0.3 is 0 Å². The summed E-state index contributed by atoms with van der Waals surface area (Å²) >= 11 is 0. The van der Waals surface area contributed by atoms with Crippen LogP contribution >= 0.6 is 0 Å². The first-order valence-electron chi connectivity index (χ1n) is 10.9. The number of aromatic nitrogens is 1. The van der Waals surface area contributed by atoms with Gasteiger partial charge in [0.2, 0.25) is 0 Å². The number of benzene rings is 2. The van der Waals surface area contributed by atoms with Gasteiger partial charge in [0, 0.05) is 54.9 Å². The Balaban J connectivity index is 1.39. The molecule has 0 bridgehead atoms. The Labute approximate surface area is 178 Å². The summed E-state index contributed by atoms with van der Waals surface area (Å²) in [5, 5.41) is 0. The Morgan fingerprint density at radius 1 is 1.03 bits per heavy atom. The molecule has 1 fully saturated rings. The fraction of sp³-hybridized carbons (Fsp3) is 0.346. The Kier molecular flexibility index (Phi) is 4.93. The van der Waals surface area contributed by atoms with E-state index in [0.29, 0.717) is 12.0 Å². The van der Waals surface area contributed by atoms with Crippen LogP contribution < -0.4 is 9.80 Å². The summed E-state index contributed by atoms with van der Waals surface area (Å²) in [4.78, 5) is 9.50. The van der Waals surface area contributed by atoms with E-state index >= 15 is 0 Å². The highest BCUT2D eigenvalue weighted by atomic mass is 19.1. The van der Waals surface area contributed by atoms with Gasteiger partial charge in [0.1, 0.15) is 5.82 Å². The standard InChI is InChI=1S/C26H28FN3/c1-18-3-10-25-23(15-18)24-17-29(22-8-6-21(27)7-9-22)13-12-26(24)30(25)14-11-20-5-4-19(2)28-16-20/h3-10,15-16,24,26H,11-14,17H2,1-2H3. The predicted octanol–water partition coefficient (Wildman–Crippen LogP) is 5.26. The summed E-state index contributed by atoms with van der Waals surface area (Å²) in [6.07, 6.45) is 4.13. The van der Waals surface area contributed by atoms with Gasteiger partial charge in [-0.2, -0.15) is 0 Å². The molecule has 0 radical (unpaired) electrons. The van der Waals surface area contributed by atoms with Crippen molar-refractivity contribution in [2.45, 2.75) is 38.6 Å². The van der Waals surface area contributed by atoms with E-state index < -0.39 is 0 Å². The SMILES string of the molecule is Cc1ccc2c(c1)C1CN(c3ccc(F)cc3)CCC1N2CCc1ccc(C)nc1. The van der Waals surface area contributed by atoms with Crippen LogP contribution in [0.25, 0.3) is 0 Å². The van der Waals surface area contributed by atoms with Crippen LogP contribution in [-0.2, 0) is 6.42 Å². The van der Waals surface area contributed by atoms with E-state index in [4.69, 9.17) is 0 Å². The van der Waals surface area contributed by atoms with Crippen LogP contribution in [0, 0.1) is 19.7 Å². The zero-order valence-electron chi connectivity index (χ0n) is 17.7. The number of rotatable bonds is 4. The number of halogens is 1. The van der Waals surface area contributed by atoms with Crippen molar-refractivity contribution < 1.29 is 4.39 Å². The molecule has 5 rings (SSSR count). The molecule has 2 unspecified atom stereocenters. The van der Waals surface area contributed by atoms with Crippen LogP contribution in [0.15, 0.2) is 60.8 Å². The van der Waals surface area contributed by atoms with Crippen molar-refractivity contribution >= 4 is 11.4 Å². The average Bonchev–Trinajstić information content (AvgIpc) is 3.06. The van der Waals surface area contributed by atoms with Gasteiger partial charge in [-0.1, -0.05) is 23.8 Å². The molecule has 0 N–H and O–H groups in total. The van der Waals surface area contributed by atoms with Gasteiger partial charge in [0.25, 0.3) is 0 Å². The summed E-state index contributed by atoms with van der Waals surface area (Å²) in [7, 11) is 0. The number of aryl methyl sites for hydroxylation is 2. The molecular weight excluding hydrogens is 373 g/mol. The van der Waals surface area contributed by atoms with Gasteiger partial charge in [0.15, 0.2) is 0 Å². The fourth-order valence-corrected chi connectivity index (χ4v) is 5.10. The summed E-state index contributed by atoms with van der Waals surface area (Å²) in [5.74, 6) is 0.307. The second-order valence-electron chi connectivity index (χ2n) is 8.70. The topological polar surface area (TPSA) is 19.4 Å². The summed E-state index contributed by atoms with van der Waals surface area (Å²) < 4.78 is 13.4. The van der Waals surface area contributed by atoms with Crippen LogP contribution in [0.1, 0.15) is 34.7 Å². The molecule has 0 spiro atoms. The fourth-order valence-electron chi connectivity index (χ4n) is 5.10. The molecule has 3 nitrogen and oxygen atoms in total. The molecule has 3 aromatic rings. The third-order valence-electron chi connectivity index (χ3n) is 6.67. The van der Waals surface area contributed by atoms with Gasteiger partial charge < -0.3 is 9.80 Å². The molecule has 0 amide bonds. The van der Waals surface area contributed by atoms with E-state index in [1.54, 1.807) is 12.1 Å². The summed E-state index contributed by atoms with van der Waals surface area (Å²) in [6, 6.07) is 18.7. The molecule has 30 heavy (non-hydrogen) atoms. The zero-order valence-corrected chi connectivity index (χ0v) is 17.7. The lowest BCUT2D eigenvalue weighted by Gasteiger charge is -2.40. The van der Waals surface area contributed by atoms with Crippen molar-refractivity contribution in [2.24, 2.45) is 0 Å². The van der Waals surface area contributed by atoms with Gasteiger partial charge in [0.05, 0.1) is 0 Å². The molecule has 2 aliphatic heterocycles. The first kappa shape index (κ1) is 19.1. The van der Waals surface area contributed by atoms with E-state index in [9.17, 15) is 4.39 Å². The summed E-state index contributed by atoms with van der Waals surface area (Å²) in [6.45, 7) is 7.20. The predicted molar refractivity (Wildman–Crippen MR) is 121 cm³/mol. The summed E-state index contributed by atoms with van der Waals surface area (Å²) in [5.41, 5.74) is 7.64. The first-order valence-corrected chi connectivity index (χ1v) is 10.9. The molecule has 2 aromatic carbocycles. The Bertz CT molecular complexity index is 1030. The quantitative estimate of drug-likeness (QED) is 0.594. The van der Waals surface area contributed by atoms with Crippen molar-refractivity contribution in [2.75, 3.05) is 29.4 Å². The Hall–Kier alpha value is -2.88. The minimum Gasteiger partial charge on any atom is -0.371 e. The molecular formula is C26H28FN3. The second kappa shape index (κ2) is 7.75. The minimum absolute atomic E-state index is 0.174. The van der Waals surface area contributed by atoms with Gasteiger partial charge in [-0.25, -0.2) is 4.39 Å². The van der Waals surface area contributed by atoms with Crippen LogP contribution in [0.5, 0.6) is 0 Å². The van der Waals surface area contributed by atoms with Crippen LogP contribution in [0.4, 0.5) is 15.8 Å². The maximum Gasteiger partial charge on any atom is 0.123 e. The first-order chi connectivity index (χ1) is 14.6. The normalized spacial score (nSPS) is 20.2. The number of piperidine rings is 1. The van der Waals surface area contributed by atoms with Gasteiger partial charge in [-0.15, -0.1) is 0 Å². The molecule has 3 heterocycles. The van der Waals surface area contributed by atoms with Gasteiger partial charge in [-0.05, 0) is 74.2 Å². The van der Waals surface area contributed by atoms with Crippen molar-refractivity contribution in [3.05, 3.63) is 89.0 Å². The van der Waals surface area contributed by atoms with Crippen LogP contribution in [0.2, 0.25) is 0 Å². The molecule has 1 saturated heterocycles. The second-order valence-corrected chi connectivity index (χ2v) is 8.70. The van der Waals surface area contributed by atoms with E-state index in [0.717, 1.165) is 43.9 Å². The van der Waals surface area contributed by atoms with Crippen molar-refractivity contribution in [1.82, 2.24) is 4.98 Å². The van der Waals surface area contributed by atoms with Gasteiger partial charge in [-0.3, -0.25) is 4.98 Å². The number of anilines is 2. The number of fused-ring (bicyclic) bond motifs is 3. The third kappa shape index (κ3) is 3.55. The largest absolute Gasteiger partial charge is 0.371 e. The molecule has 154 valence electrons. The molecule has 2 atom stereocenters. The highest BCUT2D eigenvalue weighted by Crippen LogP contribution is 2.45. The molecule has 4 heteroatoms. The molecule has 0 aliphatic carbocycles. The number of hydrogen-bond acceptors (Lipinski definition) is 3. The smallest absolute Gasteiger partial charge is 0.123 e. The van der Waals surface area contributed by atoms with Crippen molar-refractivity contribution in [3.63, 3.8) is 0 Å².